The molecular weight excluding hydrogens is 562 g/mol. The molecule has 1 aliphatic heterocycles. The summed E-state index contributed by atoms with van der Waals surface area (Å²) in [5.74, 6) is 0.0408. The Morgan fingerprint density at radius 1 is 1.05 bits per heavy atom. The molecule has 3 heterocycles. The Labute approximate surface area is 259 Å². The summed E-state index contributed by atoms with van der Waals surface area (Å²) in [4.78, 5) is 42.3. The molecule has 0 spiro atoms. The summed E-state index contributed by atoms with van der Waals surface area (Å²) in [6.07, 6.45) is 5.10. The number of pyridine rings is 1. The molecule has 2 amide bonds. The van der Waals surface area contributed by atoms with Crippen LogP contribution in [0.25, 0.3) is 11.0 Å². The summed E-state index contributed by atoms with van der Waals surface area (Å²) in [6.45, 7) is 5.33. The number of aryl methyl sites for hydroxylation is 1. The van der Waals surface area contributed by atoms with Crippen LogP contribution in [0.15, 0.2) is 48.7 Å². The van der Waals surface area contributed by atoms with Crippen molar-refractivity contribution in [1.82, 2.24) is 30.2 Å². The number of piperidine rings is 1. The van der Waals surface area contributed by atoms with Crippen LogP contribution in [-0.4, -0.2) is 104 Å². The Morgan fingerprint density at radius 3 is 2.52 bits per heavy atom. The standard InChI is InChI=1S/C32H45N7O5/c1-33-37(2)23-29-22-26-4-3-13-35-32(26)39(29)17-11-31(42)38-15-9-27(10-16-38)34-14-19-44-21-20-43-18-12-30(41)36-28-7-5-25(24-40)6-8-28/h3-8,13,22,24,27,33-34H,9-12,14-21,23H2,1-2H3,(H,36,41). The van der Waals surface area contributed by atoms with Gasteiger partial charge < -0.3 is 29.6 Å². The lowest BCUT2D eigenvalue weighted by atomic mass is 10.0. The predicted octanol–water partition coefficient (Wildman–Crippen LogP) is 2.45. The Bertz CT molecular complexity index is 1340. The van der Waals surface area contributed by atoms with Gasteiger partial charge in [0.15, 0.2) is 0 Å². The third kappa shape index (κ3) is 10.2. The molecule has 12 heteroatoms. The van der Waals surface area contributed by atoms with Gasteiger partial charge in [0, 0.05) is 74.2 Å². The molecule has 12 nitrogen and oxygen atoms in total. The predicted molar refractivity (Wildman–Crippen MR) is 169 cm³/mol. The highest BCUT2D eigenvalue weighted by atomic mass is 16.5. The van der Waals surface area contributed by atoms with E-state index < -0.39 is 0 Å². The van der Waals surface area contributed by atoms with E-state index in [2.05, 4.69) is 37.7 Å². The van der Waals surface area contributed by atoms with Crippen LogP contribution in [0, 0.1) is 0 Å². The minimum absolute atomic E-state index is 0.143. The first-order valence-corrected chi connectivity index (χ1v) is 15.3. The average Bonchev–Trinajstić information content (AvgIpc) is 3.39. The molecule has 44 heavy (non-hydrogen) atoms. The SMILES string of the molecule is CNN(C)Cc1cc2cccnc2n1CCC(=O)N1CCC(NCCOCCOCCC(=O)Nc2ccc(C=O)cc2)CC1. The lowest BCUT2D eigenvalue weighted by Crippen LogP contribution is -2.45. The van der Waals surface area contributed by atoms with Gasteiger partial charge in [0.25, 0.3) is 0 Å². The normalized spacial score (nSPS) is 13.9. The van der Waals surface area contributed by atoms with Gasteiger partial charge in [-0.2, -0.15) is 0 Å². The molecule has 0 aliphatic carbocycles. The van der Waals surface area contributed by atoms with Crippen LogP contribution < -0.4 is 16.1 Å². The molecule has 0 saturated carbocycles. The number of likely N-dealkylation sites (tertiary alicyclic amines) is 1. The van der Waals surface area contributed by atoms with Crippen LogP contribution in [0.1, 0.15) is 41.7 Å². The second-order valence-electron chi connectivity index (χ2n) is 10.9. The van der Waals surface area contributed by atoms with E-state index in [1.807, 2.05) is 30.1 Å². The number of hydrogen-bond donors (Lipinski definition) is 3. The van der Waals surface area contributed by atoms with Crippen LogP contribution >= 0.6 is 0 Å². The zero-order valence-electron chi connectivity index (χ0n) is 25.8. The van der Waals surface area contributed by atoms with Gasteiger partial charge in [-0.25, -0.2) is 9.99 Å². The van der Waals surface area contributed by atoms with Crippen LogP contribution in [0.2, 0.25) is 0 Å². The Hall–Kier alpha value is -3.68. The minimum Gasteiger partial charge on any atom is -0.379 e. The van der Waals surface area contributed by atoms with Gasteiger partial charge in [-0.1, -0.05) is 0 Å². The molecule has 1 fully saturated rings. The molecule has 3 N–H and O–H groups in total. The minimum atomic E-state index is -0.143. The Kier molecular flexibility index (Phi) is 13.3. The smallest absolute Gasteiger partial charge is 0.226 e. The number of hydrogen-bond acceptors (Lipinski definition) is 9. The number of fused-ring (bicyclic) bond motifs is 1. The third-order valence-electron chi connectivity index (χ3n) is 7.77. The zero-order valence-corrected chi connectivity index (χ0v) is 25.8. The van der Waals surface area contributed by atoms with Gasteiger partial charge in [-0.3, -0.25) is 19.8 Å². The van der Waals surface area contributed by atoms with Crippen molar-refractivity contribution >= 4 is 34.8 Å². The number of rotatable bonds is 18. The number of aromatic nitrogens is 2. The maximum absolute atomic E-state index is 13.1. The topological polar surface area (TPSA) is 130 Å². The number of carbonyl (C=O) groups is 3. The van der Waals surface area contributed by atoms with E-state index in [0.29, 0.717) is 56.7 Å². The second-order valence-corrected chi connectivity index (χ2v) is 10.9. The van der Waals surface area contributed by atoms with Gasteiger partial charge in [0.05, 0.1) is 39.4 Å². The number of nitrogens with one attached hydrogen (secondary N) is 3. The fourth-order valence-corrected chi connectivity index (χ4v) is 5.23. The second kappa shape index (κ2) is 17.6. The van der Waals surface area contributed by atoms with Crippen molar-refractivity contribution < 1.29 is 23.9 Å². The fourth-order valence-electron chi connectivity index (χ4n) is 5.23. The summed E-state index contributed by atoms with van der Waals surface area (Å²) in [6, 6.07) is 13.2. The maximum Gasteiger partial charge on any atom is 0.226 e. The molecule has 0 unspecified atom stereocenters. The Morgan fingerprint density at radius 2 is 1.80 bits per heavy atom. The highest BCUT2D eigenvalue weighted by Gasteiger charge is 2.23. The van der Waals surface area contributed by atoms with E-state index in [0.717, 1.165) is 62.0 Å². The molecule has 0 atom stereocenters. The number of ether oxygens (including phenoxy) is 2. The number of carbonyl (C=O) groups excluding carboxylic acids is 3. The molecule has 1 aliphatic rings. The van der Waals surface area contributed by atoms with Gasteiger partial charge in [0.2, 0.25) is 11.8 Å². The zero-order chi connectivity index (χ0) is 31.1. The quantitative estimate of drug-likeness (QED) is 0.113. The third-order valence-corrected chi connectivity index (χ3v) is 7.77. The summed E-state index contributed by atoms with van der Waals surface area (Å²) in [5, 5.41) is 9.41. The number of amides is 2. The van der Waals surface area contributed by atoms with Gasteiger partial charge in [-0.15, -0.1) is 0 Å². The number of nitrogens with zero attached hydrogens (tertiary/aromatic N) is 4. The van der Waals surface area contributed by atoms with Crippen LogP contribution in [-0.2, 0) is 32.2 Å². The van der Waals surface area contributed by atoms with E-state index in [1.54, 1.807) is 30.5 Å². The molecule has 1 aromatic carbocycles. The molecule has 0 radical (unpaired) electrons. The average molecular weight is 608 g/mol. The molecular formula is C32H45N7O5. The first-order valence-electron chi connectivity index (χ1n) is 15.3. The fraction of sp³-hybridized carbons (Fsp3) is 0.500. The lowest BCUT2D eigenvalue weighted by Gasteiger charge is -2.32. The van der Waals surface area contributed by atoms with Crippen molar-refractivity contribution in [2.75, 3.05) is 65.5 Å². The summed E-state index contributed by atoms with van der Waals surface area (Å²) in [7, 11) is 3.89. The number of hydrazine groups is 1. The van der Waals surface area contributed by atoms with E-state index >= 15 is 0 Å². The van der Waals surface area contributed by atoms with Gasteiger partial charge in [0.1, 0.15) is 11.9 Å². The van der Waals surface area contributed by atoms with Crippen molar-refractivity contribution in [3.8, 4) is 0 Å². The summed E-state index contributed by atoms with van der Waals surface area (Å²) >= 11 is 0. The molecule has 4 rings (SSSR count). The van der Waals surface area contributed by atoms with Gasteiger partial charge >= 0.3 is 0 Å². The molecule has 3 aromatic rings. The van der Waals surface area contributed by atoms with Crippen molar-refractivity contribution in [1.29, 1.82) is 0 Å². The van der Waals surface area contributed by atoms with Crippen LogP contribution in [0.4, 0.5) is 5.69 Å². The molecule has 1 saturated heterocycles. The number of benzene rings is 1. The highest BCUT2D eigenvalue weighted by Crippen LogP contribution is 2.20. The van der Waals surface area contributed by atoms with Crippen molar-refractivity contribution in [3.63, 3.8) is 0 Å². The molecule has 2 aromatic heterocycles. The van der Waals surface area contributed by atoms with Crippen LogP contribution in [0.3, 0.4) is 0 Å². The summed E-state index contributed by atoms with van der Waals surface area (Å²) < 4.78 is 13.3. The van der Waals surface area contributed by atoms with E-state index in [-0.39, 0.29) is 18.2 Å². The Balaban J connectivity index is 1.04. The highest BCUT2D eigenvalue weighted by molar-refractivity contribution is 5.91. The summed E-state index contributed by atoms with van der Waals surface area (Å²) in [5.41, 5.74) is 6.39. The molecule has 0 bridgehead atoms. The largest absolute Gasteiger partial charge is 0.379 e. The first-order chi connectivity index (χ1) is 21.5. The van der Waals surface area contributed by atoms with E-state index in [4.69, 9.17) is 9.47 Å². The van der Waals surface area contributed by atoms with Crippen molar-refractivity contribution in [2.24, 2.45) is 0 Å². The lowest BCUT2D eigenvalue weighted by molar-refractivity contribution is -0.132. The number of anilines is 1. The van der Waals surface area contributed by atoms with Crippen molar-refractivity contribution in [3.05, 3.63) is 59.9 Å². The number of aldehydes is 1. The molecule has 238 valence electrons. The van der Waals surface area contributed by atoms with Crippen LogP contribution in [0.5, 0.6) is 0 Å². The van der Waals surface area contributed by atoms with Gasteiger partial charge in [-0.05, 0) is 62.4 Å². The monoisotopic (exact) mass is 607 g/mol. The van der Waals surface area contributed by atoms with Crippen molar-refractivity contribution in [2.45, 2.75) is 44.8 Å². The first kappa shape index (κ1) is 33.2. The van der Waals surface area contributed by atoms with E-state index in [1.165, 1.54) is 0 Å². The van der Waals surface area contributed by atoms with E-state index in [9.17, 15) is 14.4 Å². The maximum atomic E-state index is 13.1.